The third-order valence-electron chi connectivity index (χ3n) is 2.00. The number of carbonyl (C=O) groups excluding carboxylic acids is 1. The number of nitrogens with two attached hydrogens (primary N) is 2. The molecule has 0 aromatic heterocycles. The number of carbonyl (C=O) groups is 1. The van der Waals surface area contributed by atoms with Crippen LogP contribution in [0.15, 0.2) is 0 Å². The number of rotatable bonds is 7. The summed E-state index contributed by atoms with van der Waals surface area (Å²) in [6.07, 6.45) is 1.74. The van der Waals surface area contributed by atoms with Gasteiger partial charge in [0.2, 0.25) is 5.91 Å². The van der Waals surface area contributed by atoms with Crippen molar-refractivity contribution in [2.45, 2.75) is 45.8 Å². The van der Waals surface area contributed by atoms with Gasteiger partial charge in [-0.2, -0.15) is 0 Å². The number of hydrogen-bond donors (Lipinski definition) is 2. The number of amides is 1. The van der Waals surface area contributed by atoms with Crippen LogP contribution in [0, 0.1) is 5.92 Å². The van der Waals surface area contributed by atoms with E-state index < -0.39 is 11.9 Å². The van der Waals surface area contributed by atoms with Crippen molar-refractivity contribution in [1.82, 2.24) is 0 Å². The first-order chi connectivity index (χ1) is 6.43. The molecular weight excluding hydrogens is 180 g/mol. The highest BCUT2D eigenvalue weighted by molar-refractivity contribution is 5.79. The average Bonchev–Trinajstić information content (AvgIpc) is 2.02. The maximum absolute atomic E-state index is 10.6. The fraction of sp³-hybridized carbons (Fsp3) is 0.900. The average molecular weight is 202 g/mol. The maximum Gasteiger partial charge on any atom is 0.234 e. The van der Waals surface area contributed by atoms with Crippen LogP contribution >= 0.6 is 0 Å². The van der Waals surface area contributed by atoms with Crippen molar-refractivity contribution in [3.05, 3.63) is 0 Å². The maximum atomic E-state index is 10.6. The summed E-state index contributed by atoms with van der Waals surface area (Å²) in [6, 6.07) is -0.582. The van der Waals surface area contributed by atoms with Gasteiger partial charge < -0.3 is 16.2 Å². The molecule has 0 saturated heterocycles. The molecule has 4 N–H and O–H groups in total. The standard InChI is InChI=1S/C10H22N2O2/c1-7(2)6-8(3)14-5-4-9(11)10(12)13/h7-9H,4-6,11H2,1-3H3,(H2,12,13). The molecule has 4 heteroatoms. The highest BCUT2D eigenvalue weighted by atomic mass is 16.5. The van der Waals surface area contributed by atoms with Crippen LogP contribution in [0.1, 0.15) is 33.6 Å². The molecule has 14 heavy (non-hydrogen) atoms. The lowest BCUT2D eigenvalue weighted by molar-refractivity contribution is -0.119. The van der Waals surface area contributed by atoms with Gasteiger partial charge in [-0.1, -0.05) is 13.8 Å². The molecule has 0 heterocycles. The Bertz CT molecular complexity index is 172. The van der Waals surface area contributed by atoms with E-state index in [9.17, 15) is 4.79 Å². The highest BCUT2D eigenvalue weighted by Crippen LogP contribution is 2.07. The van der Waals surface area contributed by atoms with Crippen molar-refractivity contribution in [2.75, 3.05) is 6.61 Å². The van der Waals surface area contributed by atoms with Crippen molar-refractivity contribution >= 4 is 5.91 Å². The normalized spacial score (nSPS) is 15.5. The predicted octanol–water partition coefficient (Wildman–Crippen LogP) is 0.640. The van der Waals surface area contributed by atoms with Crippen molar-refractivity contribution in [3.8, 4) is 0 Å². The summed E-state index contributed by atoms with van der Waals surface area (Å²) < 4.78 is 5.49. The van der Waals surface area contributed by atoms with E-state index in [1.807, 2.05) is 6.92 Å². The Morgan fingerprint density at radius 2 is 1.93 bits per heavy atom. The summed E-state index contributed by atoms with van der Waals surface area (Å²) in [6.45, 7) is 6.82. The predicted molar refractivity (Wildman–Crippen MR) is 56.7 cm³/mol. The summed E-state index contributed by atoms with van der Waals surface area (Å²) in [5.41, 5.74) is 10.5. The SMILES string of the molecule is CC(C)CC(C)OCCC(N)C(N)=O. The lowest BCUT2D eigenvalue weighted by atomic mass is 10.1. The third kappa shape index (κ3) is 6.86. The molecule has 0 rings (SSSR count). The van der Waals surface area contributed by atoms with Gasteiger partial charge in [0, 0.05) is 6.61 Å². The zero-order valence-corrected chi connectivity index (χ0v) is 9.32. The molecular formula is C10H22N2O2. The van der Waals surface area contributed by atoms with Crippen molar-refractivity contribution in [1.29, 1.82) is 0 Å². The lowest BCUT2D eigenvalue weighted by Gasteiger charge is -2.16. The second-order valence-electron chi connectivity index (χ2n) is 4.11. The van der Waals surface area contributed by atoms with Gasteiger partial charge in [0.05, 0.1) is 12.1 Å². The van der Waals surface area contributed by atoms with E-state index in [1.54, 1.807) is 0 Å². The minimum Gasteiger partial charge on any atom is -0.378 e. The van der Waals surface area contributed by atoms with Gasteiger partial charge in [0.1, 0.15) is 0 Å². The van der Waals surface area contributed by atoms with Crippen molar-refractivity contribution < 1.29 is 9.53 Å². The van der Waals surface area contributed by atoms with Crippen LogP contribution in [0.3, 0.4) is 0 Å². The molecule has 4 nitrogen and oxygen atoms in total. The molecule has 0 fully saturated rings. The molecule has 0 bridgehead atoms. The van der Waals surface area contributed by atoms with E-state index in [1.165, 1.54) is 0 Å². The Morgan fingerprint density at radius 1 is 1.36 bits per heavy atom. The van der Waals surface area contributed by atoms with E-state index in [4.69, 9.17) is 16.2 Å². The van der Waals surface area contributed by atoms with Gasteiger partial charge in [-0.25, -0.2) is 0 Å². The summed E-state index contributed by atoms with van der Waals surface area (Å²) >= 11 is 0. The highest BCUT2D eigenvalue weighted by Gasteiger charge is 2.10. The van der Waals surface area contributed by atoms with Gasteiger partial charge >= 0.3 is 0 Å². The first-order valence-electron chi connectivity index (χ1n) is 5.10. The van der Waals surface area contributed by atoms with Crippen LogP contribution in [0.2, 0.25) is 0 Å². The van der Waals surface area contributed by atoms with Crippen LogP contribution in [0.5, 0.6) is 0 Å². The minimum atomic E-state index is -0.582. The molecule has 2 unspecified atom stereocenters. The lowest BCUT2D eigenvalue weighted by Crippen LogP contribution is -2.37. The molecule has 0 aliphatic heterocycles. The monoisotopic (exact) mass is 202 g/mol. The zero-order chi connectivity index (χ0) is 11.1. The second kappa shape index (κ2) is 6.79. The largest absolute Gasteiger partial charge is 0.378 e. The van der Waals surface area contributed by atoms with Crippen molar-refractivity contribution in [3.63, 3.8) is 0 Å². The van der Waals surface area contributed by atoms with E-state index in [0.717, 1.165) is 6.42 Å². The van der Waals surface area contributed by atoms with Crippen molar-refractivity contribution in [2.24, 2.45) is 17.4 Å². The van der Waals surface area contributed by atoms with Gasteiger partial charge in [-0.15, -0.1) is 0 Å². The van der Waals surface area contributed by atoms with Crippen LogP contribution in [0.4, 0.5) is 0 Å². The van der Waals surface area contributed by atoms with E-state index >= 15 is 0 Å². The summed E-state index contributed by atoms with van der Waals surface area (Å²) in [5.74, 6) is 0.153. The number of ether oxygens (including phenoxy) is 1. The molecule has 0 aliphatic rings. The summed E-state index contributed by atoms with van der Waals surface area (Å²) in [4.78, 5) is 10.6. The third-order valence-corrected chi connectivity index (χ3v) is 2.00. The first-order valence-corrected chi connectivity index (χ1v) is 5.10. The Labute approximate surface area is 86.0 Å². The smallest absolute Gasteiger partial charge is 0.234 e. The van der Waals surface area contributed by atoms with Gasteiger partial charge in [0.15, 0.2) is 0 Å². The molecule has 0 radical (unpaired) electrons. The Balaban J connectivity index is 3.48. The van der Waals surface area contributed by atoms with Crippen LogP contribution in [-0.2, 0) is 9.53 Å². The molecule has 0 aromatic rings. The first kappa shape index (κ1) is 13.4. The zero-order valence-electron chi connectivity index (χ0n) is 9.32. The van der Waals surface area contributed by atoms with Gasteiger partial charge in [-0.3, -0.25) is 4.79 Å². The molecule has 0 aliphatic carbocycles. The van der Waals surface area contributed by atoms with Gasteiger partial charge in [0.25, 0.3) is 0 Å². The fourth-order valence-electron chi connectivity index (χ4n) is 1.27. The Morgan fingerprint density at radius 3 is 2.36 bits per heavy atom. The Kier molecular flexibility index (Phi) is 6.49. The topological polar surface area (TPSA) is 78.3 Å². The molecule has 84 valence electrons. The minimum absolute atomic E-state index is 0.218. The molecule has 0 spiro atoms. The molecule has 0 aromatic carbocycles. The van der Waals surface area contributed by atoms with Crippen LogP contribution in [-0.4, -0.2) is 24.7 Å². The number of hydrogen-bond acceptors (Lipinski definition) is 3. The molecule has 1 amide bonds. The molecule has 0 saturated carbocycles. The van der Waals surface area contributed by atoms with E-state index in [-0.39, 0.29) is 6.10 Å². The van der Waals surface area contributed by atoms with E-state index in [0.29, 0.717) is 18.9 Å². The molecule has 2 atom stereocenters. The second-order valence-corrected chi connectivity index (χ2v) is 4.11. The Hall–Kier alpha value is -0.610. The number of primary amides is 1. The van der Waals surface area contributed by atoms with Crippen LogP contribution < -0.4 is 11.5 Å². The van der Waals surface area contributed by atoms with Crippen LogP contribution in [0.25, 0.3) is 0 Å². The van der Waals surface area contributed by atoms with E-state index in [2.05, 4.69) is 13.8 Å². The summed E-state index contributed by atoms with van der Waals surface area (Å²) in [7, 11) is 0. The fourth-order valence-corrected chi connectivity index (χ4v) is 1.27. The van der Waals surface area contributed by atoms with Gasteiger partial charge in [-0.05, 0) is 25.7 Å². The quantitative estimate of drug-likeness (QED) is 0.636. The summed E-state index contributed by atoms with van der Waals surface area (Å²) in [5, 5.41) is 0.